The molecular formula is C28H29NO. The van der Waals surface area contributed by atoms with Gasteiger partial charge in [0.1, 0.15) is 0 Å². The number of nitrogens with zero attached hydrogens (tertiary/aromatic N) is 1. The Hall–Kier alpha value is -2.71. The Morgan fingerprint density at radius 2 is 1.30 bits per heavy atom. The average Bonchev–Trinajstić information content (AvgIpc) is 2.80. The number of Topliss-reactive ketones (excluding diaryl/α,β-unsaturated/α-hetero) is 1. The van der Waals surface area contributed by atoms with Crippen LogP contribution >= 0.6 is 0 Å². The third kappa shape index (κ3) is 3.73. The number of likely N-dealkylation sites (tertiary alicyclic amines) is 1. The molecule has 3 aromatic rings. The summed E-state index contributed by atoms with van der Waals surface area (Å²) in [7, 11) is 0. The van der Waals surface area contributed by atoms with Gasteiger partial charge in [-0.3, -0.25) is 9.69 Å². The maximum absolute atomic E-state index is 13.5. The SMILES string of the molecule is O=C(c1ccc(-c2ccccc2)cc1)[C@@H]1CN(C2CCCCC2)[C@H]1c1ccccc1. The van der Waals surface area contributed by atoms with Gasteiger partial charge >= 0.3 is 0 Å². The van der Waals surface area contributed by atoms with Crippen molar-refractivity contribution in [3.05, 3.63) is 96.1 Å². The van der Waals surface area contributed by atoms with Crippen molar-refractivity contribution in [2.75, 3.05) is 6.54 Å². The number of ketones is 1. The Bertz CT molecular complexity index is 974. The molecule has 152 valence electrons. The molecule has 5 rings (SSSR count). The first-order chi connectivity index (χ1) is 14.8. The van der Waals surface area contributed by atoms with E-state index in [1.54, 1.807) is 0 Å². The maximum atomic E-state index is 13.5. The highest BCUT2D eigenvalue weighted by molar-refractivity contribution is 5.99. The molecule has 0 unspecified atom stereocenters. The fourth-order valence-corrected chi connectivity index (χ4v) is 5.29. The summed E-state index contributed by atoms with van der Waals surface area (Å²) in [6, 6.07) is 30.0. The first kappa shape index (κ1) is 19.3. The van der Waals surface area contributed by atoms with Gasteiger partial charge in [0.25, 0.3) is 0 Å². The summed E-state index contributed by atoms with van der Waals surface area (Å²) in [5, 5.41) is 0. The minimum Gasteiger partial charge on any atom is -0.294 e. The number of rotatable bonds is 5. The van der Waals surface area contributed by atoms with Gasteiger partial charge in [-0.2, -0.15) is 0 Å². The van der Waals surface area contributed by atoms with Crippen LogP contribution in [0.5, 0.6) is 0 Å². The van der Waals surface area contributed by atoms with Crippen LogP contribution in [0.4, 0.5) is 0 Å². The molecule has 30 heavy (non-hydrogen) atoms. The maximum Gasteiger partial charge on any atom is 0.169 e. The number of hydrogen-bond acceptors (Lipinski definition) is 2. The second-order valence-electron chi connectivity index (χ2n) is 8.76. The highest BCUT2D eigenvalue weighted by atomic mass is 16.1. The van der Waals surface area contributed by atoms with E-state index in [9.17, 15) is 4.79 Å². The molecule has 0 amide bonds. The van der Waals surface area contributed by atoms with E-state index in [1.807, 2.05) is 30.3 Å². The smallest absolute Gasteiger partial charge is 0.169 e. The largest absolute Gasteiger partial charge is 0.294 e. The summed E-state index contributed by atoms with van der Waals surface area (Å²) in [6.07, 6.45) is 6.55. The minimum atomic E-state index is 0.0527. The van der Waals surface area contributed by atoms with Crippen LogP contribution in [0.2, 0.25) is 0 Å². The molecule has 2 atom stereocenters. The lowest BCUT2D eigenvalue weighted by molar-refractivity contribution is -0.0251. The van der Waals surface area contributed by atoms with Crippen molar-refractivity contribution in [2.24, 2.45) is 5.92 Å². The molecule has 2 heteroatoms. The molecule has 0 N–H and O–H groups in total. The zero-order valence-corrected chi connectivity index (χ0v) is 17.4. The highest BCUT2D eigenvalue weighted by Crippen LogP contribution is 2.44. The van der Waals surface area contributed by atoms with E-state index in [0.29, 0.717) is 6.04 Å². The standard InChI is InChI=1S/C28H29NO/c30-28(24-18-16-22(17-19-24)21-10-4-1-5-11-21)26-20-29(25-14-8-3-9-15-25)27(26)23-12-6-2-7-13-23/h1-2,4-7,10-13,16-19,25-27H,3,8-9,14-15,20H2/t26-,27+/m1/s1. The Morgan fingerprint density at radius 1 is 0.700 bits per heavy atom. The van der Waals surface area contributed by atoms with Crippen LogP contribution in [0.15, 0.2) is 84.9 Å². The topological polar surface area (TPSA) is 20.3 Å². The lowest BCUT2D eigenvalue weighted by atomic mass is 9.76. The quantitative estimate of drug-likeness (QED) is 0.457. The third-order valence-electron chi connectivity index (χ3n) is 6.94. The second kappa shape index (κ2) is 8.57. The molecule has 1 aliphatic heterocycles. The minimum absolute atomic E-state index is 0.0527. The van der Waals surface area contributed by atoms with Crippen LogP contribution in [-0.4, -0.2) is 23.3 Å². The van der Waals surface area contributed by atoms with E-state index in [-0.39, 0.29) is 17.7 Å². The predicted octanol–water partition coefficient (Wildman–Crippen LogP) is 6.54. The van der Waals surface area contributed by atoms with Crippen molar-refractivity contribution in [1.82, 2.24) is 4.90 Å². The van der Waals surface area contributed by atoms with Crippen LogP contribution in [0.1, 0.15) is 54.1 Å². The van der Waals surface area contributed by atoms with Crippen LogP contribution in [0.25, 0.3) is 11.1 Å². The molecule has 0 radical (unpaired) electrons. The molecule has 0 aromatic heterocycles. The van der Waals surface area contributed by atoms with Gasteiger partial charge in [0.2, 0.25) is 0 Å². The molecule has 3 aromatic carbocycles. The van der Waals surface area contributed by atoms with Gasteiger partial charge in [0.15, 0.2) is 5.78 Å². The van der Waals surface area contributed by atoms with E-state index < -0.39 is 0 Å². The van der Waals surface area contributed by atoms with E-state index in [4.69, 9.17) is 0 Å². The molecule has 2 nitrogen and oxygen atoms in total. The molecule has 1 saturated heterocycles. The van der Waals surface area contributed by atoms with Gasteiger partial charge in [0, 0.05) is 24.2 Å². The van der Waals surface area contributed by atoms with Crippen molar-refractivity contribution in [3.8, 4) is 11.1 Å². The lowest BCUT2D eigenvalue weighted by Crippen LogP contribution is -2.57. The summed E-state index contributed by atoms with van der Waals surface area (Å²) < 4.78 is 0. The summed E-state index contributed by atoms with van der Waals surface area (Å²) in [5.74, 6) is 0.340. The van der Waals surface area contributed by atoms with Crippen LogP contribution < -0.4 is 0 Å². The Kier molecular flexibility index (Phi) is 5.50. The van der Waals surface area contributed by atoms with Gasteiger partial charge < -0.3 is 0 Å². The van der Waals surface area contributed by atoms with Gasteiger partial charge in [-0.15, -0.1) is 0 Å². The molecule has 0 spiro atoms. The monoisotopic (exact) mass is 395 g/mol. The van der Waals surface area contributed by atoms with Gasteiger partial charge in [-0.1, -0.05) is 104 Å². The second-order valence-corrected chi connectivity index (χ2v) is 8.76. The molecule has 1 aliphatic carbocycles. The first-order valence-electron chi connectivity index (χ1n) is 11.3. The third-order valence-corrected chi connectivity index (χ3v) is 6.94. The van der Waals surface area contributed by atoms with Crippen molar-refractivity contribution in [2.45, 2.75) is 44.2 Å². The van der Waals surface area contributed by atoms with Crippen molar-refractivity contribution >= 4 is 5.78 Å². The Morgan fingerprint density at radius 3 is 1.97 bits per heavy atom. The number of hydrogen-bond donors (Lipinski definition) is 0. The summed E-state index contributed by atoms with van der Waals surface area (Å²) in [4.78, 5) is 16.1. The van der Waals surface area contributed by atoms with Crippen LogP contribution in [0.3, 0.4) is 0 Å². The molecule has 2 fully saturated rings. The van der Waals surface area contributed by atoms with Crippen molar-refractivity contribution in [3.63, 3.8) is 0 Å². The molecule has 2 aliphatic rings. The highest BCUT2D eigenvalue weighted by Gasteiger charge is 2.47. The Labute approximate surface area is 179 Å². The van der Waals surface area contributed by atoms with Crippen molar-refractivity contribution < 1.29 is 4.79 Å². The van der Waals surface area contributed by atoms with Gasteiger partial charge in [-0.05, 0) is 29.5 Å². The van der Waals surface area contributed by atoms with Crippen LogP contribution in [0, 0.1) is 5.92 Å². The van der Waals surface area contributed by atoms with E-state index in [0.717, 1.165) is 17.7 Å². The molecule has 1 heterocycles. The Balaban J connectivity index is 1.37. The zero-order chi connectivity index (χ0) is 20.3. The average molecular weight is 396 g/mol. The molecule has 1 saturated carbocycles. The van der Waals surface area contributed by atoms with E-state index in [2.05, 4.69) is 59.5 Å². The van der Waals surface area contributed by atoms with Gasteiger partial charge in [-0.25, -0.2) is 0 Å². The number of benzene rings is 3. The fraction of sp³-hybridized carbons (Fsp3) is 0.321. The fourth-order valence-electron chi connectivity index (χ4n) is 5.29. The number of carbonyl (C=O) groups excluding carboxylic acids is 1. The summed E-state index contributed by atoms with van der Waals surface area (Å²) >= 11 is 0. The molecular weight excluding hydrogens is 366 g/mol. The van der Waals surface area contributed by atoms with E-state index >= 15 is 0 Å². The summed E-state index contributed by atoms with van der Waals surface area (Å²) in [6.45, 7) is 0.892. The normalized spacial score (nSPS) is 22.4. The lowest BCUT2D eigenvalue weighted by Gasteiger charge is -2.52. The molecule has 0 bridgehead atoms. The van der Waals surface area contributed by atoms with Crippen molar-refractivity contribution in [1.29, 1.82) is 0 Å². The van der Waals surface area contributed by atoms with E-state index in [1.165, 1.54) is 43.2 Å². The number of carbonyl (C=O) groups is 1. The van der Waals surface area contributed by atoms with Gasteiger partial charge in [0.05, 0.1) is 5.92 Å². The first-order valence-corrected chi connectivity index (χ1v) is 11.3. The summed E-state index contributed by atoms with van der Waals surface area (Å²) in [5.41, 5.74) is 4.47. The van der Waals surface area contributed by atoms with Crippen LogP contribution in [-0.2, 0) is 0 Å². The predicted molar refractivity (Wildman–Crippen MR) is 122 cm³/mol. The zero-order valence-electron chi connectivity index (χ0n) is 17.4.